The maximum Gasteiger partial charge on any atom is 0.180 e. The van der Waals surface area contributed by atoms with Gasteiger partial charge < -0.3 is 9.47 Å². The van der Waals surface area contributed by atoms with Crippen LogP contribution in [0, 0.1) is 0 Å². The highest BCUT2D eigenvalue weighted by Gasteiger charge is 2.26. The summed E-state index contributed by atoms with van der Waals surface area (Å²) in [5.41, 5.74) is 0.449. The number of aldehydes is 1. The second-order valence-corrected chi connectivity index (χ2v) is 4.16. The van der Waals surface area contributed by atoms with Gasteiger partial charge in [-0.15, -0.1) is 0 Å². The van der Waals surface area contributed by atoms with Crippen molar-refractivity contribution in [3.63, 3.8) is 0 Å². The Labute approximate surface area is 94.6 Å². The molecule has 1 saturated carbocycles. The molecule has 0 saturated heterocycles. The van der Waals surface area contributed by atoms with E-state index in [-0.39, 0.29) is 12.2 Å². The number of rotatable bonds is 5. The van der Waals surface area contributed by atoms with Crippen molar-refractivity contribution in [3.05, 3.63) is 18.0 Å². The molecule has 0 spiro atoms. The van der Waals surface area contributed by atoms with Gasteiger partial charge in [0.2, 0.25) is 0 Å². The Kier molecular flexibility index (Phi) is 3.08. The smallest absolute Gasteiger partial charge is 0.180 e. The molecule has 2 rings (SSSR count). The first-order chi connectivity index (χ1) is 7.70. The lowest BCUT2D eigenvalue weighted by Gasteiger charge is -2.15. The minimum Gasteiger partial charge on any atom is -0.486 e. The predicted molar refractivity (Wildman–Crippen MR) is 59.0 cm³/mol. The average molecular weight is 221 g/mol. The molecule has 0 amide bonds. The summed E-state index contributed by atoms with van der Waals surface area (Å²) in [4.78, 5) is 14.9. The Balaban J connectivity index is 2.28. The van der Waals surface area contributed by atoms with Gasteiger partial charge in [0.25, 0.3) is 0 Å². The monoisotopic (exact) mass is 221 g/mol. The minimum absolute atomic E-state index is 0.0326. The third-order valence-electron chi connectivity index (χ3n) is 2.19. The molecule has 86 valence electrons. The first kappa shape index (κ1) is 10.9. The van der Waals surface area contributed by atoms with E-state index in [0.29, 0.717) is 17.1 Å². The zero-order chi connectivity index (χ0) is 11.5. The van der Waals surface area contributed by atoms with Crippen molar-refractivity contribution in [1.29, 1.82) is 0 Å². The molecule has 0 bridgehead atoms. The van der Waals surface area contributed by atoms with E-state index in [1.165, 1.54) is 6.20 Å². The molecule has 0 atom stereocenters. The number of hydrogen-bond acceptors (Lipinski definition) is 4. The van der Waals surface area contributed by atoms with Gasteiger partial charge in [-0.3, -0.25) is 9.78 Å². The Morgan fingerprint density at radius 3 is 2.75 bits per heavy atom. The molecule has 16 heavy (non-hydrogen) atoms. The zero-order valence-electron chi connectivity index (χ0n) is 9.47. The fourth-order valence-electron chi connectivity index (χ4n) is 1.35. The van der Waals surface area contributed by atoms with Crippen molar-refractivity contribution in [1.82, 2.24) is 4.98 Å². The summed E-state index contributed by atoms with van der Waals surface area (Å²) in [5.74, 6) is 1.08. The minimum atomic E-state index is 0.0326. The standard InChI is InChI=1S/C12H15NO3/c1-8(2)15-11-6-13-5-9(7-14)12(11)16-10-3-4-10/h5-8,10H,3-4H2,1-2H3. The fourth-order valence-corrected chi connectivity index (χ4v) is 1.35. The van der Waals surface area contributed by atoms with E-state index in [4.69, 9.17) is 9.47 Å². The number of carbonyl (C=O) groups is 1. The molecule has 1 fully saturated rings. The van der Waals surface area contributed by atoms with Crippen LogP contribution in [0.1, 0.15) is 37.0 Å². The van der Waals surface area contributed by atoms with Crippen molar-refractivity contribution >= 4 is 6.29 Å². The number of hydrogen-bond donors (Lipinski definition) is 0. The van der Waals surface area contributed by atoms with Crippen molar-refractivity contribution in [2.75, 3.05) is 0 Å². The van der Waals surface area contributed by atoms with Gasteiger partial charge in [-0.05, 0) is 26.7 Å². The lowest BCUT2D eigenvalue weighted by atomic mass is 10.2. The van der Waals surface area contributed by atoms with Crippen molar-refractivity contribution in [3.8, 4) is 11.5 Å². The van der Waals surface area contributed by atoms with Gasteiger partial charge in [-0.1, -0.05) is 0 Å². The lowest BCUT2D eigenvalue weighted by Crippen LogP contribution is -2.09. The zero-order valence-corrected chi connectivity index (χ0v) is 9.47. The maximum atomic E-state index is 10.9. The molecule has 0 N–H and O–H groups in total. The molecule has 1 aromatic rings. The van der Waals surface area contributed by atoms with E-state index in [9.17, 15) is 4.79 Å². The highest BCUT2D eigenvalue weighted by atomic mass is 16.5. The number of carbonyl (C=O) groups excluding carboxylic acids is 1. The van der Waals surface area contributed by atoms with Gasteiger partial charge in [0, 0.05) is 6.20 Å². The maximum absolute atomic E-state index is 10.9. The number of aromatic nitrogens is 1. The second-order valence-electron chi connectivity index (χ2n) is 4.16. The van der Waals surface area contributed by atoms with Crippen LogP contribution in [-0.4, -0.2) is 23.5 Å². The van der Waals surface area contributed by atoms with Gasteiger partial charge in [0.15, 0.2) is 17.8 Å². The van der Waals surface area contributed by atoms with Gasteiger partial charge in [0.05, 0.1) is 24.0 Å². The van der Waals surface area contributed by atoms with Crippen LogP contribution >= 0.6 is 0 Å². The number of nitrogens with zero attached hydrogens (tertiary/aromatic N) is 1. The van der Waals surface area contributed by atoms with Crippen molar-refractivity contribution in [2.45, 2.75) is 38.9 Å². The molecular formula is C12H15NO3. The quantitative estimate of drug-likeness (QED) is 0.715. The van der Waals surface area contributed by atoms with Crippen LogP contribution in [0.25, 0.3) is 0 Å². The van der Waals surface area contributed by atoms with Crippen LogP contribution in [0.2, 0.25) is 0 Å². The summed E-state index contributed by atoms with van der Waals surface area (Å²) in [5, 5.41) is 0. The van der Waals surface area contributed by atoms with Crippen LogP contribution < -0.4 is 9.47 Å². The van der Waals surface area contributed by atoms with E-state index < -0.39 is 0 Å². The van der Waals surface area contributed by atoms with E-state index in [1.54, 1.807) is 6.20 Å². The molecule has 0 radical (unpaired) electrons. The number of ether oxygens (including phenoxy) is 2. The van der Waals surface area contributed by atoms with Crippen molar-refractivity contribution in [2.24, 2.45) is 0 Å². The normalized spacial score (nSPS) is 14.9. The first-order valence-corrected chi connectivity index (χ1v) is 5.47. The summed E-state index contributed by atoms with van der Waals surface area (Å²) >= 11 is 0. The van der Waals surface area contributed by atoms with Gasteiger partial charge in [0.1, 0.15) is 0 Å². The summed E-state index contributed by atoms with van der Waals surface area (Å²) in [6.07, 6.45) is 6.19. The number of pyridine rings is 1. The summed E-state index contributed by atoms with van der Waals surface area (Å²) in [7, 11) is 0. The average Bonchev–Trinajstić information content (AvgIpc) is 3.03. The molecule has 4 nitrogen and oxygen atoms in total. The van der Waals surface area contributed by atoms with Crippen molar-refractivity contribution < 1.29 is 14.3 Å². The van der Waals surface area contributed by atoms with Crippen LogP contribution in [0.3, 0.4) is 0 Å². The Hall–Kier alpha value is -1.58. The largest absolute Gasteiger partial charge is 0.486 e. The summed E-state index contributed by atoms with van der Waals surface area (Å²) in [6.45, 7) is 3.85. The van der Waals surface area contributed by atoms with Gasteiger partial charge in [-0.25, -0.2) is 0 Å². The topological polar surface area (TPSA) is 48.4 Å². The molecule has 1 aliphatic rings. The molecule has 0 aliphatic heterocycles. The molecule has 1 heterocycles. The van der Waals surface area contributed by atoms with Gasteiger partial charge >= 0.3 is 0 Å². The van der Waals surface area contributed by atoms with Gasteiger partial charge in [-0.2, -0.15) is 0 Å². The summed E-state index contributed by atoms with van der Waals surface area (Å²) in [6, 6.07) is 0. The Morgan fingerprint density at radius 2 is 2.19 bits per heavy atom. The third-order valence-corrected chi connectivity index (χ3v) is 2.19. The second kappa shape index (κ2) is 4.51. The van der Waals surface area contributed by atoms with Crippen LogP contribution in [0.4, 0.5) is 0 Å². The SMILES string of the molecule is CC(C)Oc1cncc(C=O)c1OC1CC1. The molecule has 1 aromatic heterocycles. The van der Waals surface area contributed by atoms with E-state index in [1.807, 2.05) is 13.8 Å². The molecule has 0 aromatic carbocycles. The Bertz CT molecular complexity index is 386. The van der Waals surface area contributed by atoms with Crippen LogP contribution in [0.5, 0.6) is 11.5 Å². The highest BCUT2D eigenvalue weighted by Crippen LogP contribution is 2.35. The van der Waals surface area contributed by atoms with E-state index >= 15 is 0 Å². The van der Waals surface area contributed by atoms with Crippen LogP contribution in [-0.2, 0) is 0 Å². The third kappa shape index (κ3) is 2.51. The van der Waals surface area contributed by atoms with E-state index in [2.05, 4.69) is 4.98 Å². The molecule has 4 heteroatoms. The molecular weight excluding hydrogens is 206 g/mol. The lowest BCUT2D eigenvalue weighted by molar-refractivity contribution is 0.111. The molecule has 0 unspecified atom stereocenters. The summed E-state index contributed by atoms with van der Waals surface area (Å²) < 4.78 is 11.3. The predicted octanol–water partition coefficient (Wildman–Crippen LogP) is 2.22. The van der Waals surface area contributed by atoms with Crippen LogP contribution in [0.15, 0.2) is 12.4 Å². The first-order valence-electron chi connectivity index (χ1n) is 5.47. The van der Waals surface area contributed by atoms with E-state index in [0.717, 1.165) is 19.1 Å². The highest BCUT2D eigenvalue weighted by molar-refractivity contribution is 5.80. The Morgan fingerprint density at radius 1 is 1.44 bits per heavy atom. The fraction of sp³-hybridized carbons (Fsp3) is 0.500. The molecule has 1 aliphatic carbocycles.